The first-order chi connectivity index (χ1) is 15.7. The van der Waals surface area contributed by atoms with Gasteiger partial charge in [0.1, 0.15) is 18.6 Å². The monoisotopic (exact) mass is 459 g/mol. The molecule has 1 saturated carbocycles. The van der Waals surface area contributed by atoms with Crippen molar-refractivity contribution < 1.29 is 28.7 Å². The van der Waals surface area contributed by atoms with Gasteiger partial charge in [-0.05, 0) is 37.2 Å². The number of amides is 2. The Labute approximate surface area is 193 Å². The third-order valence-electron chi connectivity index (χ3n) is 6.38. The molecule has 1 heterocycles. The van der Waals surface area contributed by atoms with E-state index in [9.17, 15) is 19.2 Å². The molecule has 0 aromatic heterocycles. The summed E-state index contributed by atoms with van der Waals surface area (Å²) in [4.78, 5) is 49.1. The summed E-state index contributed by atoms with van der Waals surface area (Å²) in [6.45, 7) is 5.53. The lowest BCUT2D eigenvalue weighted by molar-refractivity contribution is -0.193. The van der Waals surface area contributed by atoms with E-state index < -0.39 is 36.0 Å². The van der Waals surface area contributed by atoms with Gasteiger partial charge < -0.3 is 25.8 Å². The van der Waals surface area contributed by atoms with Gasteiger partial charge in [-0.1, -0.05) is 50.6 Å². The van der Waals surface area contributed by atoms with E-state index in [1.54, 1.807) is 0 Å². The van der Waals surface area contributed by atoms with Crippen LogP contribution in [-0.4, -0.2) is 48.0 Å². The lowest BCUT2D eigenvalue weighted by atomic mass is 9.83. The van der Waals surface area contributed by atoms with Crippen molar-refractivity contribution in [2.45, 2.75) is 70.9 Å². The van der Waals surface area contributed by atoms with Crippen LogP contribution in [0.4, 0.5) is 0 Å². The smallest absolute Gasteiger partial charge is 0.328 e. The van der Waals surface area contributed by atoms with Crippen molar-refractivity contribution in [2.75, 3.05) is 0 Å². The molecular formula is C24H33N3O6. The molecule has 9 nitrogen and oxygen atoms in total. The molecule has 1 saturated heterocycles. The van der Waals surface area contributed by atoms with Gasteiger partial charge in [0.2, 0.25) is 5.91 Å². The van der Waals surface area contributed by atoms with Crippen LogP contribution in [0.25, 0.3) is 0 Å². The minimum absolute atomic E-state index is 0.00516. The number of hydrogen-bond acceptors (Lipinski definition) is 7. The fraction of sp³-hybridized carbons (Fsp3) is 0.583. The van der Waals surface area contributed by atoms with Crippen LogP contribution in [-0.2, 0) is 35.3 Å². The lowest BCUT2D eigenvalue weighted by Crippen LogP contribution is -2.56. The summed E-state index contributed by atoms with van der Waals surface area (Å²) in [6, 6.07) is 7.47. The number of carbonyl (C=O) groups is 4. The Morgan fingerprint density at radius 2 is 1.91 bits per heavy atom. The number of benzene rings is 1. The molecule has 2 amide bonds. The summed E-state index contributed by atoms with van der Waals surface area (Å²) >= 11 is 0. The average Bonchev–Trinajstić information content (AvgIpc) is 3.52. The molecule has 3 rings (SSSR count). The van der Waals surface area contributed by atoms with Gasteiger partial charge >= 0.3 is 11.9 Å². The van der Waals surface area contributed by atoms with Crippen molar-refractivity contribution in [3.05, 3.63) is 35.9 Å². The van der Waals surface area contributed by atoms with Gasteiger partial charge in [0.15, 0.2) is 6.10 Å². The number of hydrogen-bond donors (Lipinski definition) is 3. The van der Waals surface area contributed by atoms with Crippen LogP contribution < -0.4 is 16.4 Å². The van der Waals surface area contributed by atoms with Crippen LogP contribution in [0, 0.1) is 17.8 Å². The van der Waals surface area contributed by atoms with Crippen LogP contribution in [0.3, 0.4) is 0 Å². The number of cyclic esters (lactones) is 1. The van der Waals surface area contributed by atoms with Crippen LogP contribution >= 0.6 is 0 Å². The first-order valence-electron chi connectivity index (χ1n) is 11.5. The Bertz CT molecular complexity index is 874. The van der Waals surface area contributed by atoms with Gasteiger partial charge in [-0.3, -0.25) is 14.4 Å². The van der Waals surface area contributed by atoms with Crippen molar-refractivity contribution in [3.8, 4) is 0 Å². The van der Waals surface area contributed by atoms with Gasteiger partial charge in [0.25, 0.3) is 5.91 Å². The normalized spacial score (nSPS) is 26.1. The topological polar surface area (TPSA) is 137 Å². The fourth-order valence-corrected chi connectivity index (χ4v) is 3.93. The highest BCUT2D eigenvalue weighted by Gasteiger charge is 2.51. The zero-order valence-electron chi connectivity index (χ0n) is 19.3. The Hall–Kier alpha value is -2.94. The van der Waals surface area contributed by atoms with Gasteiger partial charge in [0.05, 0.1) is 6.04 Å². The molecule has 1 aliphatic carbocycles. The minimum Gasteiger partial charge on any atom is -0.459 e. The van der Waals surface area contributed by atoms with Crippen LogP contribution in [0.1, 0.15) is 45.6 Å². The second-order valence-electron chi connectivity index (χ2n) is 9.06. The van der Waals surface area contributed by atoms with Crippen LogP contribution in [0.15, 0.2) is 30.3 Å². The number of ether oxygens (including phenoxy) is 2. The Morgan fingerprint density at radius 3 is 2.52 bits per heavy atom. The van der Waals surface area contributed by atoms with Crippen molar-refractivity contribution in [3.63, 3.8) is 0 Å². The molecule has 7 atom stereocenters. The maximum atomic E-state index is 12.7. The van der Waals surface area contributed by atoms with Gasteiger partial charge in [-0.25, -0.2) is 4.79 Å². The summed E-state index contributed by atoms with van der Waals surface area (Å²) in [5.74, 6) is -2.00. The van der Waals surface area contributed by atoms with Crippen molar-refractivity contribution in [1.82, 2.24) is 10.6 Å². The molecule has 1 aromatic carbocycles. The summed E-state index contributed by atoms with van der Waals surface area (Å²) in [7, 11) is 0. The summed E-state index contributed by atoms with van der Waals surface area (Å²) in [6.07, 6.45) is 0.993. The second-order valence-corrected chi connectivity index (χ2v) is 9.06. The largest absolute Gasteiger partial charge is 0.459 e. The van der Waals surface area contributed by atoms with Gasteiger partial charge in [-0.15, -0.1) is 0 Å². The van der Waals surface area contributed by atoms with Crippen molar-refractivity contribution in [1.29, 1.82) is 0 Å². The maximum Gasteiger partial charge on any atom is 0.328 e. The Kier molecular flexibility index (Phi) is 8.07. The van der Waals surface area contributed by atoms with Crippen molar-refractivity contribution in [2.24, 2.45) is 23.5 Å². The molecule has 9 heteroatoms. The molecule has 2 aliphatic rings. The molecule has 1 aliphatic heterocycles. The number of nitrogens with two attached hydrogens (primary N) is 1. The van der Waals surface area contributed by atoms with E-state index in [4.69, 9.17) is 15.2 Å². The summed E-state index contributed by atoms with van der Waals surface area (Å²) in [5, 5.41) is 5.57. The summed E-state index contributed by atoms with van der Waals surface area (Å²) < 4.78 is 10.5. The van der Waals surface area contributed by atoms with E-state index >= 15 is 0 Å². The van der Waals surface area contributed by atoms with E-state index in [2.05, 4.69) is 10.6 Å². The predicted octanol–water partition coefficient (Wildman–Crippen LogP) is 1.04. The van der Waals surface area contributed by atoms with E-state index in [0.717, 1.165) is 12.0 Å². The lowest BCUT2D eigenvalue weighted by Gasteiger charge is -2.37. The molecule has 1 aromatic rings. The predicted molar refractivity (Wildman–Crippen MR) is 119 cm³/mol. The molecule has 0 radical (unpaired) electrons. The Balaban J connectivity index is 1.53. The highest BCUT2D eigenvalue weighted by molar-refractivity contribution is 5.94. The van der Waals surface area contributed by atoms with Crippen LogP contribution in [0.2, 0.25) is 0 Å². The zero-order valence-corrected chi connectivity index (χ0v) is 19.3. The molecule has 7 unspecified atom stereocenters. The molecule has 2 fully saturated rings. The second kappa shape index (κ2) is 10.8. The molecule has 180 valence electrons. The third kappa shape index (κ3) is 6.31. The summed E-state index contributed by atoms with van der Waals surface area (Å²) in [5.41, 5.74) is 6.48. The molecular weight excluding hydrogens is 426 g/mol. The highest BCUT2D eigenvalue weighted by atomic mass is 16.6. The molecule has 33 heavy (non-hydrogen) atoms. The zero-order chi connectivity index (χ0) is 24.1. The third-order valence-corrected chi connectivity index (χ3v) is 6.38. The van der Waals surface area contributed by atoms with E-state index in [-0.39, 0.29) is 36.4 Å². The first kappa shape index (κ1) is 24.7. The van der Waals surface area contributed by atoms with Crippen LogP contribution in [0.5, 0.6) is 0 Å². The van der Waals surface area contributed by atoms with E-state index in [1.165, 1.54) is 6.92 Å². The molecule has 0 bridgehead atoms. The molecule has 0 spiro atoms. The van der Waals surface area contributed by atoms with E-state index in [1.807, 2.05) is 44.2 Å². The number of esters is 2. The minimum atomic E-state index is -0.867. The van der Waals surface area contributed by atoms with E-state index in [0.29, 0.717) is 12.8 Å². The standard InChI is InChI=1S/C24H33N3O6/c1-4-13(2)19-20(33-24(19)31)22(29)26-17-10-16(17)11-18(27-21(28)14(3)25)23(30)32-12-15-8-6-5-7-9-15/h5-9,13-14,16-20H,4,10-12,25H2,1-3H3,(H,26,29)(H,27,28). The quantitative estimate of drug-likeness (QED) is 0.421. The average molecular weight is 460 g/mol. The molecule has 4 N–H and O–H groups in total. The first-order valence-corrected chi connectivity index (χ1v) is 11.5. The highest BCUT2D eigenvalue weighted by Crippen LogP contribution is 2.37. The van der Waals surface area contributed by atoms with Gasteiger partial charge in [0, 0.05) is 6.04 Å². The maximum absolute atomic E-state index is 12.7. The fourth-order valence-electron chi connectivity index (χ4n) is 3.93. The Morgan fingerprint density at radius 1 is 1.21 bits per heavy atom. The number of carbonyl (C=O) groups excluding carboxylic acids is 4. The SMILES string of the molecule is CCC(C)C1C(=O)OC1C(=O)NC1CC1CC(NC(=O)C(C)N)C(=O)OCc1ccccc1. The van der Waals surface area contributed by atoms with Gasteiger partial charge in [-0.2, -0.15) is 0 Å². The number of nitrogens with one attached hydrogen (secondary N) is 2. The number of rotatable bonds is 11. The van der Waals surface area contributed by atoms with Crippen molar-refractivity contribution >= 4 is 23.8 Å².